The lowest BCUT2D eigenvalue weighted by atomic mass is 10.2. The second-order valence-corrected chi connectivity index (χ2v) is 3.36. The first kappa shape index (κ1) is 10.4. The van der Waals surface area contributed by atoms with E-state index < -0.39 is 0 Å². The smallest absolute Gasteiger partial charge is 0.117 e. The Hall–Kier alpha value is -0.730. The zero-order valence-corrected chi connectivity index (χ0v) is 8.43. The number of aromatic hydroxyl groups is 1. The van der Waals surface area contributed by atoms with Gasteiger partial charge in [0.25, 0.3) is 0 Å². The van der Waals surface area contributed by atoms with Crippen molar-refractivity contribution in [3.8, 4) is 5.75 Å². The van der Waals surface area contributed by atoms with Gasteiger partial charge in [-0.05, 0) is 30.7 Å². The third-order valence-electron chi connectivity index (χ3n) is 1.78. The van der Waals surface area contributed by atoms with Gasteiger partial charge in [0.15, 0.2) is 0 Å². The normalized spacial score (nSPS) is 10.3. The zero-order valence-electron chi connectivity index (χ0n) is 7.68. The van der Waals surface area contributed by atoms with E-state index in [1.807, 2.05) is 6.07 Å². The Morgan fingerprint density at radius 2 is 2.23 bits per heavy atom. The molecule has 0 amide bonds. The quantitative estimate of drug-likeness (QED) is 0.731. The molecule has 0 saturated carbocycles. The molecule has 0 saturated heterocycles. The fraction of sp³-hybridized carbons (Fsp3) is 0.400. The van der Waals surface area contributed by atoms with Crippen LogP contribution in [0.15, 0.2) is 18.2 Å². The highest BCUT2D eigenvalue weighted by Crippen LogP contribution is 2.21. The van der Waals surface area contributed by atoms with Crippen molar-refractivity contribution in [1.82, 2.24) is 5.32 Å². The summed E-state index contributed by atoms with van der Waals surface area (Å²) in [6.45, 7) is 3.86. The van der Waals surface area contributed by atoms with Crippen LogP contribution in [0.4, 0.5) is 0 Å². The topological polar surface area (TPSA) is 32.3 Å². The largest absolute Gasteiger partial charge is 0.508 e. The monoisotopic (exact) mass is 199 g/mol. The van der Waals surface area contributed by atoms with Crippen molar-refractivity contribution >= 4 is 11.6 Å². The molecule has 72 valence electrons. The second-order valence-electron chi connectivity index (χ2n) is 2.95. The van der Waals surface area contributed by atoms with E-state index in [9.17, 15) is 0 Å². The number of hydrogen-bond acceptors (Lipinski definition) is 2. The van der Waals surface area contributed by atoms with Gasteiger partial charge in [0, 0.05) is 11.6 Å². The Balaban J connectivity index is 2.56. The standard InChI is InChI=1S/C10H14ClNO/c1-2-5-12-7-8-3-4-9(13)6-10(8)11/h3-4,6,12-13H,2,5,7H2,1H3. The molecule has 1 rings (SSSR count). The number of phenolic OH excluding ortho intramolecular Hbond substituents is 1. The molecule has 1 aromatic carbocycles. The van der Waals surface area contributed by atoms with Crippen LogP contribution in [0.25, 0.3) is 0 Å². The fourth-order valence-electron chi connectivity index (χ4n) is 1.08. The van der Waals surface area contributed by atoms with Crippen molar-refractivity contribution in [3.63, 3.8) is 0 Å². The van der Waals surface area contributed by atoms with Crippen LogP contribution in [-0.2, 0) is 6.54 Å². The summed E-state index contributed by atoms with van der Waals surface area (Å²) < 4.78 is 0. The maximum absolute atomic E-state index is 9.10. The molecule has 13 heavy (non-hydrogen) atoms. The van der Waals surface area contributed by atoms with Crippen LogP contribution < -0.4 is 5.32 Å². The van der Waals surface area contributed by atoms with Gasteiger partial charge >= 0.3 is 0 Å². The summed E-state index contributed by atoms with van der Waals surface area (Å²) >= 11 is 5.91. The lowest BCUT2D eigenvalue weighted by molar-refractivity contribution is 0.475. The van der Waals surface area contributed by atoms with Crippen molar-refractivity contribution in [2.75, 3.05) is 6.54 Å². The van der Waals surface area contributed by atoms with Gasteiger partial charge in [-0.15, -0.1) is 0 Å². The Kier molecular flexibility index (Phi) is 4.06. The van der Waals surface area contributed by atoms with Crippen LogP contribution in [0.2, 0.25) is 5.02 Å². The van der Waals surface area contributed by atoms with Gasteiger partial charge in [-0.1, -0.05) is 24.6 Å². The number of nitrogens with one attached hydrogen (secondary N) is 1. The summed E-state index contributed by atoms with van der Waals surface area (Å²) in [6, 6.07) is 5.04. The van der Waals surface area contributed by atoms with Crippen molar-refractivity contribution in [2.24, 2.45) is 0 Å². The van der Waals surface area contributed by atoms with E-state index in [4.69, 9.17) is 16.7 Å². The van der Waals surface area contributed by atoms with Crippen LogP contribution in [0, 0.1) is 0 Å². The lowest BCUT2D eigenvalue weighted by Crippen LogP contribution is -2.13. The molecule has 3 heteroatoms. The average molecular weight is 200 g/mol. The summed E-state index contributed by atoms with van der Waals surface area (Å²) in [5.41, 5.74) is 1.02. The number of rotatable bonds is 4. The van der Waals surface area contributed by atoms with E-state index in [2.05, 4.69) is 12.2 Å². The fourth-order valence-corrected chi connectivity index (χ4v) is 1.32. The highest BCUT2D eigenvalue weighted by Gasteiger charge is 1.99. The van der Waals surface area contributed by atoms with E-state index in [0.29, 0.717) is 5.02 Å². The van der Waals surface area contributed by atoms with Crippen LogP contribution in [0.5, 0.6) is 5.75 Å². The molecular formula is C10H14ClNO. The molecular weight excluding hydrogens is 186 g/mol. The molecule has 0 aromatic heterocycles. The summed E-state index contributed by atoms with van der Waals surface area (Å²) in [7, 11) is 0. The van der Waals surface area contributed by atoms with Crippen LogP contribution in [0.1, 0.15) is 18.9 Å². The van der Waals surface area contributed by atoms with Crippen molar-refractivity contribution in [1.29, 1.82) is 0 Å². The zero-order chi connectivity index (χ0) is 9.68. The molecule has 0 aliphatic heterocycles. The number of phenols is 1. The molecule has 2 nitrogen and oxygen atoms in total. The maximum Gasteiger partial charge on any atom is 0.117 e. The van der Waals surface area contributed by atoms with E-state index in [0.717, 1.165) is 25.1 Å². The molecule has 2 N–H and O–H groups in total. The van der Waals surface area contributed by atoms with Crippen LogP contribution in [-0.4, -0.2) is 11.7 Å². The minimum absolute atomic E-state index is 0.212. The van der Waals surface area contributed by atoms with Gasteiger partial charge in [-0.3, -0.25) is 0 Å². The number of halogens is 1. The Morgan fingerprint density at radius 1 is 1.46 bits per heavy atom. The summed E-state index contributed by atoms with van der Waals surface area (Å²) in [5.74, 6) is 0.212. The molecule has 0 heterocycles. The Morgan fingerprint density at radius 3 is 2.85 bits per heavy atom. The van der Waals surface area contributed by atoms with E-state index in [1.165, 1.54) is 0 Å². The van der Waals surface area contributed by atoms with Gasteiger partial charge in [0.2, 0.25) is 0 Å². The molecule has 1 aromatic rings. The SMILES string of the molecule is CCCNCc1ccc(O)cc1Cl. The molecule has 0 radical (unpaired) electrons. The van der Waals surface area contributed by atoms with E-state index >= 15 is 0 Å². The van der Waals surface area contributed by atoms with Gasteiger partial charge < -0.3 is 10.4 Å². The molecule has 0 spiro atoms. The average Bonchev–Trinajstić information content (AvgIpc) is 2.09. The summed E-state index contributed by atoms with van der Waals surface area (Å²) in [6.07, 6.45) is 1.11. The number of benzene rings is 1. The van der Waals surface area contributed by atoms with E-state index in [-0.39, 0.29) is 5.75 Å². The third kappa shape index (κ3) is 3.25. The minimum Gasteiger partial charge on any atom is -0.508 e. The Bertz CT molecular complexity index is 276. The molecule has 0 fully saturated rings. The summed E-state index contributed by atoms with van der Waals surface area (Å²) in [4.78, 5) is 0. The highest BCUT2D eigenvalue weighted by atomic mass is 35.5. The minimum atomic E-state index is 0.212. The molecule has 0 atom stereocenters. The van der Waals surface area contributed by atoms with Crippen LogP contribution in [0.3, 0.4) is 0 Å². The third-order valence-corrected chi connectivity index (χ3v) is 2.13. The van der Waals surface area contributed by atoms with Gasteiger partial charge in [0.1, 0.15) is 5.75 Å². The lowest BCUT2D eigenvalue weighted by Gasteiger charge is -2.05. The Labute approximate surface area is 83.5 Å². The first-order valence-electron chi connectivity index (χ1n) is 4.42. The predicted octanol–water partition coefficient (Wildman–Crippen LogP) is 2.55. The van der Waals surface area contributed by atoms with Crippen molar-refractivity contribution in [3.05, 3.63) is 28.8 Å². The molecule has 0 aliphatic carbocycles. The van der Waals surface area contributed by atoms with Crippen molar-refractivity contribution in [2.45, 2.75) is 19.9 Å². The summed E-state index contributed by atoms with van der Waals surface area (Å²) in [5, 5.41) is 13.0. The van der Waals surface area contributed by atoms with Gasteiger partial charge in [-0.25, -0.2) is 0 Å². The first-order chi connectivity index (χ1) is 6.24. The van der Waals surface area contributed by atoms with E-state index in [1.54, 1.807) is 12.1 Å². The molecule has 0 unspecified atom stereocenters. The van der Waals surface area contributed by atoms with Crippen LogP contribution >= 0.6 is 11.6 Å². The second kappa shape index (κ2) is 5.10. The number of hydrogen-bond donors (Lipinski definition) is 2. The maximum atomic E-state index is 9.10. The van der Waals surface area contributed by atoms with Gasteiger partial charge in [0.05, 0.1) is 0 Å². The molecule has 0 bridgehead atoms. The van der Waals surface area contributed by atoms with Gasteiger partial charge in [-0.2, -0.15) is 0 Å². The molecule has 0 aliphatic rings. The predicted molar refractivity (Wildman–Crippen MR) is 55.1 cm³/mol. The first-order valence-corrected chi connectivity index (χ1v) is 4.80. The van der Waals surface area contributed by atoms with Crippen molar-refractivity contribution < 1.29 is 5.11 Å². The highest BCUT2D eigenvalue weighted by molar-refractivity contribution is 6.31.